The number of nitrogens with zero attached hydrogens (tertiary/aromatic N) is 3. The lowest BCUT2D eigenvalue weighted by atomic mass is 10.1. The molecule has 2 aromatic heterocycles. The van der Waals surface area contributed by atoms with Gasteiger partial charge in [0.25, 0.3) is 0 Å². The second kappa shape index (κ2) is 3.67. The maximum atomic E-state index is 8.57. The summed E-state index contributed by atoms with van der Waals surface area (Å²) < 4.78 is 0. The molecular weight excluding hydrogens is 174 g/mol. The normalized spacial score (nSPS) is 9.36. The Balaban J connectivity index is 2.40. The molecule has 0 bridgehead atoms. The predicted molar refractivity (Wildman–Crippen MR) is 52.2 cm³/mol. The lowest BCUT2D eigenvalue weighted by molar-refractivity contribution is 1.26. The Hall–Kier alpha value is -2.21. The van der Waals surface area contributed by atoms with Gasteiger partial charge in [0, 0.05) is 29.7 Å². The molecule has 0 amide bonds. The van der Waals surface area contributed by atoms with E-state index in [0.29, 0.717) is 5.69 Å². The molecule has 0 unspecified atom stereocenters. The highest BCUT2D eigenvalue weighted by atomic mass is 14.7. The third-order valence-electron chi connectivity index (χ3n) is 1.87. The SMILES string of the molecule is N#Cc1ccc(-c2cccnc2)cn1. The minimum atomic E-state index is 0.428. The molecule has 14 heavy (non-hydrogen) atoms. The van der Waals surface area contributed by atoms with Crippen molar-refractivity contribution in [2.24, 2.45) is 0 Å². The molecule has 0 saturated carbocycles. The lowest BCUT2D eigenvalue weighted by Crippen LogP contribution is -1.84. The van der Waals surface area contributed by atoms with Gasteiger partial charge in [-0.3, -0.25) is 4.98 Å². The summed E-state index contributed by atoms with van der Waals surface area (Å²) in [7, 11) is 0. The fourth-order valence-electron chi connectivity index (χ4n) is 1.16. The van der Waals surface area contributed by atoms with E-state index in [-0.39, 0.29) is 0 Å². The van der Waals surface area contributed by atoms with E-state index in [1.807, 2.05) is 24.3 Å². The van der Waals surface area contributed by atoms with Crippen LogP contribution in [0.25, 0.3) is 11.1 Å². The Labute approximate surface area is 81.7 Å². The molecule has 0 N–H and O–H groups in total. The molecule has 0 aliphatic rings. The molecule has 3 nitrogen and oxygen atoms in total. The van der Waals surface area contributed by atoms with Crippen LogP contribution in [0.4, 0.5) is 0 Å². The maximum absolute atomic E-state index is 8.57. The zero-order valence-electron chi connectivity index (χ0n) is 7.38. The number of rotatable bonds is 1. The molecule has 2 rings (SSSR count). The van der Waals surface area contributed by atoms with Gasteiger partial charge in [0.15, 0.2) is 0 Å². The standard InChI is InChI=1S/C11H7N3/c12-6-11-4-3-10(8-14-11)9-2-1-5-13-7-9/h1-5,7-8H. The fraction of sp³-hybridized carbons (Fsp3) is 0. The number of hydrogen-bond donors (Lipinski definition) is 0. The number of nitriles is 1. The largest absolute Gasteiger partial charge is 0.264 e. The summed E-state index contributed by atoms with van der Waals surface area (Å²) in [5.41, 5.74) is 2.40. The van der Waals surface area contributed by atoms with Crippen molar-refractivity contribution in [3.05, 3.63) is 48.5 Å². The molecule has 0 aromatic carbocycles. The summed E-state index contributed by atoms with van der Waals surface area (Å²) in [4.78, 5) is 8.00. The zero-order chi connectivity index (χ0) is 9.80. The molecule has 0 saturated heterocycles. The molecule has 0 fully saturated rings. The summed E-state index contributed by atoms with van der Waals surface area (Å²) in [6.07, 6.45) is 5.17. The first-order valence-electron chi connectivity index (χ1n) is 4.17. The van der Waals surface area contributed by atoms with Gasteiger partial charge in [-0.05, 0) is 18.2 Å². The monoisotopic (exact) mass is 181 g/mol. The predicted octanol–water partition coefficient (Wildman–Crippen LogP) is 2.02. The van der Waals surface area contributed by atoms with Gasteiger partial charge in [-0.15, -0.1) is 0 Å². The van der Waals surface area contributed by atoms with Crippen molar-refractivity contribution in [3.63, 3.8) is 0 Å². The average Bonchev–Trinajstić information content (AvgIpc) is 2.30. The van der Waals surface area contributed by atoms with Gasteiger partial charge in [0.1, 0.15) is 11.8 Å². The van der Waals surface area contributed by atoms with E-state index in [1.54, 1.807) is 24.7 Å². The van der Waals surface area contributed by atoms with E-state index < -0.39 is 0 Å². The minimum Gasteiger partial charge on any atom is -0.264 e. The van der Waals surface area contributed by atoms with Crippen LogP contribution in [0.1, 0.15) is 5.69 Å². The number of aromatic nitrogens is 2. The van der Waals surface area contributed by atoms with Crippen molar-refractivity contribution in [1.82, 2.24) is 9.97 Å². The Morgan fingerprint density at radius 1 is 1.07 bits per heavy atom. The van der Waals surface area contributed by atoms with E-state index in [0.717, 1.165) is 11.1 Å². The van der Waals surface area contributed by atoms with E-state index in [9.17, 15) is 0 Å². The molecular formula is C11H7N3. The highest BCUT2D eigenvalue weighted by molar-refractivity contribution is 5.61. The van der Waals surface area contributed by atoms with E-state index >= 15 is 0 Å². The topological polar surface area (TPSA) is 49.6 Å². The van der Waals surface area contributed by atoms with Crippen LogP contribution in [-0.2, 0) is 0 Å². The third kappa shape index (κ3) is 1.59. The summed E-state index contributed by atoms with van der Waals surface area (Å²) in [6, 6.07) is 9.36. The molecule has 0 atom stereocenters. The van der Waals surface area contributed by atoms with Crippen LogP contribution in [0.15, 0.2) is 42.9 Å². The molecule has 0 radical (unpaired) electrons. The molecule has 66 valence electrons. The summed E-state index contributed by atoms with van der Waals surface area (Å²) >= 11 is 0. The van der Waals surface area contributed by atoms with Crippen molar-refractivity contribution >= 4 is 0 Å². The Morgan fingerprint density at radius 2 is 1.93 bits per heavy atom. The second-order valence-corrected chi connectivity index (χ2v) is 2.79. The minimum absolute atomic E-state index is 0.428. The van der Waals surface area contributed by atoms with Gasteiger partial charge in [-0.2, -0.15) is 5.26 Å². The summed E-state index contributed by atoms with van der Waals surface area (Å²) in [5, 5.41) is 8.57. The number of pyridine rings is 2. The molecule has 2 heterocycles. The van der Waals surface area contributed by atoms with Gasteiger partial charge in [-0.25, -0.2) is 4.98 Å². The average molecular weight is 181 g/mol. The van der Waals surface area contributed by atoms with Crippen molar-refractivity contribution in [2.45, 2.75) is 0 Å². The third-order valence-corrected chi connectivity index (χ3v) is 1.87. The summed E-state index contributed by atoms with van der Waals surface area (Å²) in [6.45, 7) is 0. The van der Waals surface area contributed by atoms with Crippen LogP contribution in [0.2, 0.25) is 0 Å². The highest BCUT2D eigenvalue weighted by Gasteiger charge is 1.97. The lowest BCUT2D eigenvalue weighted by Gasteiger charge is -1.98. The van der Waals surface area contributed by atoms with Crippen LogP contribution in [0, 0.1) is 11.3 Å². The van der Waals surface area contributed by atoms with Crippen LogP contribution in [0.5, 0.6) is 0 Å². The second-order valence-electron chi connectivity index (χ2n) is 2.79. The van der Waals surface area contributed by atoms with Gasteiger partial charge < -0.3 is 0 Å². The van der Waals surface area contributed by atoms with Gasteiger partial charge in [0.05, 0.1) is 0 Å². The van der Waals surface area contributed by atoms with Crippen molar-refractivity contribution in [2.75, 3.05) is 0 Å². The van der Waals surface area contributed by atoms with E-state index in [2.05, 4.69) is 9.97 Å². The highest BCUT2D eigenvalue weighted by Crippen LogP contribution is 2.16. The first-order chi connectivity index (χ1) is 6.90. The van der Waals surface area contributed by atoms with Crippen LogP contribution < -0.4 is 0 Å². The molecule has 3 heteroatoms. The van der Waals surface area contributed by atoms with Crippen molar-refractivity contribution in [1.29, 1.82) is 5.26 Å². The quantitative estimate of drug-likeness (QED) is 0.676. The Bertz CT molecular complexity index is 454. The maximum Gasteiger partial charge on any atom is 0.140 e. The van der Waals surface area contributed by atoms with Crippen LogP contribution >= 0.6 is 0 Å². The molecule has 0 spiro atoms. The molecule has 2 aromatic rings. The Morgan fingerprint density at radius 3 is 2.50 bits per heavy atom. The fourth-order valence-corrected chi connectivity index (χ4v) is 1.16. The molecule has 0 aliphatic heterocycles. The smallest absolute Gasteiger partial charge is 0.140 e. The zero-order valence-corrected chi connectivity index (χ0v) is 7.38. The van der Waals surface area contributed by atoms with E-state index in [4.69, 9.17) is 5.26 Å². The van der Waals surface area contributed by atoms with Gasteiger partial charge >= 0.3 is 0 Å². The molecule has 0 aliphatic carbocycles. The number of hydrogen-bond acceptors (Lipinski definition) is 3. The van der Waals surface area contributed by atoms with Crippen molar-refractivity contribution in [3.8, 4) is 17.2 Å². The van der Waals surface area contributed by atoms with E-state index in [1.165, 1.54) is 0 Å². The van der Waals surface area contributed by atoms with Crippen LogP contribution in [-0.4, -0.2) is 9.97 Å². The first kappa shape index (κ1) is 8.39. The van der Waals surface area contributed by atoms with Crippen molar-refractivity contribution < 1.29 is 0 Å². The van der Waals surface area contributed by atoms with Crippen LogP contribution in [0.3, 0.4) is 0 Å². The summed E-state index contributed by atoms with van der Waals surface area (Å²) in [5.74, 6) is 0. The van der Waals surface area contributed by atoms with Gasteiger partial charge in [0.2, 0.25) is 0 Å². The Kier molecular flexibility index (Phi) is 2.20. The van der Waals surface area contributed by atoms with Gasteiger partial charge in [-0.1, -0.05) is 6.07 Å². The first-order valence-corrected chi connectivity index (χ1v) is 4.17.